The van der Waals surface area contributed by atoms with Crippen molar-refractivity contribution in [2.24, 2.45) is 7.05 Å². The normalized spacial score (nSPS) is 17.3. The molecule has 2 atom stereocenters. The molecule has 2 amide bonds. The third kappa shape index (κ3) is 10.6. The van der Waals surface area contributed by atoms with Gasteiger partial charge >= 0.3 is 0 Å². The maximum Gasteiger partial charge on any atom is 0.246 e. The lowest BCUT2D eigenvalue weighted by molar-refractivity contribution is -0.140. The number of carbonyl (C=O) groups excluding carboxylic acids is 2. The summed E-state index contributed by atoms with van der Waals surface area (Å²) in [6.45, 7) is 8.35. The first-order chi connectivity index (χ1) is 41.9. The van der Waals surface area contributed by atoms with Crippen LogP contribution >= 0.6 is 0 Å². The van der Waals surface area contributed by atoms with Crippen LogP contribution in [-0.2, 0) is 23.2 Å². The summed E-state index contributed by atoms with van der Waals surface area (Å²) in [5, 5.41) is 23.5. The van der Waals surface area contributed by atoms with Gasteiger partial charge in [0.25, 0.3) is 0 Å². The Kier molecular flexibility index (Phi) is 13.9. The second-order valence-corrected chi connectivity index (χ2v) is 21.6. The van der Waals surface area contributed by atoms with Crippen molar-refractivity contribution in [1.29, 1.82) is 0 Å². The molecule has 5 fully saturated rings. The average molecular weight is 1160 g/mol. The minimum Gasteiger partial charge on any atom is -0.457 e. The summed E-state index contributed by atoms with van der Waals surface area (Å²) in [6, 6.07) is 20.0. The van der Waals surface area contributed by atoms with Crippen molar-refractivity contribution >= 4 is 90.9 Å². The lowest BCUT2D eigenvalue weighted by Crippen LogP contribution is -2.70. The van der Waals surface area contributed by atoms with Crippen molar-refractivity contribution in [3.05, 3.63) is 133 Å². The summed E-state index contributed by atoms with van der Waals surface area (Å²) in [7, 11) is 1.85. The molecule has 5 aliphatic heterocycles. The predicted octanol–water partition coefficient (Wildman–Crippen LogP) is 6.91. The van der Waals surface area contributed by atoms with Gasteiger partial charge in [0.15, 0.2) is 17.5 Å². The summed E-state index contributed by atoms with van der Waals surface area (Å²) in [5.41, 5.74) is 7.10. The molecular formula is C59H55F2N21O4. The van der Waals surface area contributed by atoms with Crippen molar-refractivity contribution in [3.8, 4) is 23.0 Å². The largest absolute Gasteiger partial charge is 0.457 e. The highest BCUT2D eigenvalue weighted by Crippen LogP contribution is 2.37. The number of likely N-dealkylation sites (tertiary alicyclic amines) is 1. The van der Waals surface area contributed by atoms with Crippen LogP contribution in [0.15, 0.2) is 116 Å². The lowest BCUT2D eigenvalue weighted by atomic mass is 9.87. The number of nitrogens with one attached hydrogen (secondary N) is 2. The van der Waals surface area contributed by atoms with Crippen molar-refractivity contribution < 1.29 is 27.8 Å². The molecule has 10 aromatic rings. The molecule has 0 radical (unpaired) electrons. The Labute approximate surface area is 489 Å². The number of nitrogens with zero attached hydrogens (tertiary/aromatic N) is 19. The fourth-order valence-electron chi connectivity index (χ4n) is 11.3. The molecule has 0 aliphatic carbocycles. The number of rotatable bonds is 16. The van der Waals surface area contributed by atoms with E-state index in [-0.39, 0.29) is 35.1 Å². The summed E-state index contributed by atoms with van der Waals surface area (Å²) in [5.74, 6) is 3.17. The van der Waals surface area contributed by atoms with Crippen molar-refractivity contribution in [3.63, 3.8) is 0 Å². The summed E-state index contributed by atoms with van der Waals surface area (Å²) in [6.07, 6.45) is 12.9. The topological polar surface area (TPSA) is 257 Å². The van der Waals surface area contributed by atoms with Crippen LogP contribution in [0, 0.1) is 19.7 Å². The van der Waals surface area contributed by atoms with E-state index in [9.17, 15) is 14.0 Å². The number of piperazine rings is 2. The van der Waals surface area contributed by atoms with Crippen LogP contribution in [0.5, 0.6) is 23.0 Å². The number of ether oxygens (including phenoxy) is 2. The third-order valence-corrected chi connectivity index (χ3v) is 16.0. The second-order valence-electron chi connectivity index (χ2n) is 21.6. The molecule has 5 saturated heterocycles. The third-order valence-electron chi connectivity index (χ3n) is 16.0. The Balaban J connectivity index is 0.572. The fourth-order valence-corrected chi connectivity index (χ4v) is 11.3. The van der Waals surface area contributed by atoms with E-state index in [0.29, 0.717) is 140 Å². The number of aryl methyl sites for hydroxylation is 2. The molecule has 4 aromatic carbocycles. The number of piperidine rings is 1. The number of benzene rings is 4. The van der Waals surface area contributed by atoms with E-state index in [4.69, 9.17) is 19.4 Å². The van der Waals surface area contributed by atoms with Gasteiger partial charge in [-0.25, -0.2) is 58.0 Å². The molecule has 6 aromatic heterocycles. The molecule has 0 saturated carbocycles. The lowest BCUT2D eigenvalue weighted by Gasteiger charge is -2.55. The summed E-state index contributed by atoms with van der Waals surface area (Å²) >= 11 is 0. The number of fused-ring (bicyclic) bond motifs is 6. The summed E-state index contributed by atoms with van der Waals surface area (Å²) in [4.78, 5) is 72.8. The molecule has 27 heteroatoms. The van der Waals surface area contributed by atoms with Gasteiger partial charge in [-0.05, 0) is 80.4 Å². The van der Waals surface area contributed by atoms with E-state index < -0.39 is 12.0 Å². The number of anilines is 6. The number of alkyl halides is 1. The Hall–Kier alpha value is -10.4. The first kappa shape index (κ1) is 53.6. The van der Waals surface area contributed by atoms with Gasteiger partial charge in [-0.1, -0.05) is 22.6 Å². The fraction of sp³-hybridized carbons (Fsp3) is 0.288. The minimum absolute atomic E-state index is 0.0110. The number of hydrogen-bond acceptors (Lipinski definition) is 21. The number of allylic oxidation sites excluding steroid dienone is 1. The zero-order valence-electron chi connectivity index (χ0n) is 46.9. The molecule has 25 nitrogen and oxygen atoms in total. The van der Waals surface area contributed by atoms with Crippen LogP contribution in [0.3, 0.4) is 0 Å². The van der Waals surface area contributed by atoms with Crippen molar-refractivity contribution in [1.82, 2.24) is 84.6 Å². The standard InChI is InChI=1S/C59H55F2N21O4/c1-34-22-37(8-14-49(34)85-40-9-12-47-43(24-40)72-74-76(47)3)68-56-54-45(64-32-66-56)27-63-59(71-54)80-30-38-23-39(31-80)82(38)52(84)7-5-17-81-48-13-10-41(25-44(48)73-75-81)86-50-15-11-42(53(61)35(50)2)69-57-55-46(65-33-67-57)26-62-58(70-55)79-20-18-78(19-21-79)51(83)6-4-16-77-28-36(60)29-77/h4-15,22,24-27,32-33,36,38-39H,16-21,23,28-31H2,1-3H3,(H,64,66,68)(H,65,67,69)/b6-4+,7-5+. The second kappa shape index (κ2) is 22.3. The number of carbonyl (C=O) groups is 2. The maximum atomic E-state index is 16.2. The first-order valence-corrected chi connectivity index (χ1v) is 28.1. The Morgan fingerprint density at radius 1 is 0.651 bits per heavy atom. The smallest absolute Gasteiger partial charge is 0.246 e. The highest BCUT2D eigenvalue weighted by atomic mass is 19.1. The Bertz CT molecular complexity index is 4340. The van der Waals surface area contributed by atoms with E-state index >= 15 is 4.39 Å². The number of hydrogen-bond donors (Lipinski definition) is 2. The maximum absolute atomic E-state index is 16.2. The van der Waals surface area contributed by atoms with Gasteiger partial charge in [0, 0.05) is 101 Å². The van der Waals surface area contributed by atoms with Gasteiger partial charge in [0.1, 0.15) is 74.9 Å². The van der Waals surface area contributed by atoms with E-state index in [2.05, 4.69) is 66.1 Å². The van der Waals surface area contributed by atoms with Crippen LogP contribution < -0.4 is 29.9 Å². The molecular weight excluding hydrogens is 1100 g/mol. The molecule has 2 bridgehead atoms. The van der Waals surface area contributed by atoms with Crippen molar-refractivity contribution in [2.45, 2.75) is 45.1 Å². The molecule has 86 heavy (non-hydrogen) atoms. The van der Waals surface area contributed by atoms with Gasteiger partial charge in [0.05, 0.1) is 47.7 Å². The minimum atomic E-state index is -0.783. The SMILES string of the molecule is Cc1cc(Nc2ncnc3cnc(N4CC5CC(C4)N5C(=O)/C=C/Cn4nnc5cc(Oc6ccc(Nc7ncnc8cnc(N9CCN(C(=O)/C=C/CN%10CC(F)C%10)CC9)nc78)c(F)c6C)ccc54)nc23)ccc1Oc1ccc2c(c1)nnn2C. The predicted molar refractivity (Wildman–Crippen MR) is 315 cm³/mol. The van der Waals surface area contributed by atoms with E-state index in [1.54, 1.807) is 82.2 Å². The van der Waals surface area contributed by atoms with Gasteiger partial charge in [-0.2, -0.15) is 0 Å². The quantitative estimate of drug-likeness (QED) is 0.0931. The van der Waals surface area contributed by atoms with Crippen LogP contribution in [0.2, 0.25) is 0 Å². The monoisotopic (exact) mass is 1160 g/mol. The van der Waals surface area contributed by atoms with Crippen LogP contribution in [0.1, 0.15) is 17.5 Å². The Morgan fingerprint density at radius 3 is 1.99 bits per heavy atom. The first-order valence-electron chi connectivity index (χ1n) is 28.1. The van der Waals surface area contributed by atoms with Crippen molar-refractivity contribution in [2.75, 3.05) is 79.3 Å². The highest BCUT2D eigenvalue weighted by Gasteiger charge is 2.47. The van der Waals surface area contributed by atoms with E-state index in [1.165, 1.54) is 12.7 Å². The molecule has 2 N–H and O–H groups in total. The Morgan fingerprint density at radius 2 is 1.28 bits per heavy atom. The molecule has 0 spiro atoms. The average Bonchev–Trinajstić information content (AvgIpc) is 1.53. The van der Waals surface area contributed by atoms with Gasteiger partial charge in [0.2, 0.25) is 23.7 Å². The van der Waals surface area contributed by atoms with Crippen LogP contribution in [-0.4, -0.2) is 174 Å². The zero-order chi connectivity index (χ0) is 58.6. The van der Waals surface area contributed by atoms with Gasteiger partial charge in [-0.15, -0.1) is 10.2 Å². The molecule has 5 aliphatic rings. The number of aromatic nitrogens is 14. The van der Waals surface area contributed by atoms with Gasteiger partial charge < -0.3 is 39.7 Å². The van der Waals surface area contributed by atoms with E-state index in [1.807, 2.05) is 71.1 Å². The van der Waals surface area contributed by atoms with E-state index in [0.717, 1.165) is 34.2 Å². The molecule has 15 rings (SSSR count). The van der Waals surface area contributed by atoms with Crippen LogP contribution in [0.4, 0.5) is 43.7 Å². The molecule has 2 unspecified atom stereocenters. The van der Waals surface area contributed by atoms with Gasteiger partial charge in [-0.3, -0.25) is 14.5 Å². The zero-order valence-corrected chi connectivity index (χ0v) is 46.9. The highest BCUT2D eigenvalue weighted by molar-refractivity contribution is 5.91. The van der Waals surface area contributed by atoms with Crippen LogP contribution in [0.25, 0.3) is 44.1 Å². The summed E-state index contributed by atoms with van der Waals surface area (Å²) < 4.78 is 45.1. The number of halogens is 2. The molecule has 11 heterocycles. The molecule has 434 valence electrons. The number of amides is 2.